The quantitative estimate of drug-likeness (QED) is 0.818. The highest BCUT2D eigenvalue weighted by atomic mass is 19.1. The van der Waals surface area contributed by atoms with Crippen molar-refractivity contribution in [3.63, 3.8) is 0 Å². The predicted octanol–water partition coefficient (Wildman–Crippen LogP) is 3.44. The molecule has 1 aromatic rings. The van der Waals surface area contributed by atoms with E-state index >= 15 is 0 Å². The average molecular weight is 250 g/mol. The van der Waals surface area contributed by atoms with Crippen LogP contribution in [0.3, 0.4) is 0 Å². The fraction of sp³-hybridized carbons (Fsp3) is 0.600. The summed E-state index contributed by atoms with van der Waals surface area (Å²) in [4.78, 5) is 0. The highest BCUT2D eigenvalue weighted by Gasteiger charge is 2.57. The molecule has 2 fully saturated rings. The minimum absolute atomic E-state index is 0.0331. The van der Waals surface area contributed by atoms with Crippen LogP contribution in [0.4, 0.5) is 4.39 Å². The third kappa shape index (κ3) is 1.95. The number of halogens is 1. The van der Waals surface area contributed by atoms with Crippen molar-refractivity contribution in [3.8, 4) is 0 Å². The van der Waals surface area contributed by atoms with Gasteiger partial charge in [0, 0.05) is 12.0 Å². The molecule has 3 rings (SSSR count). The van der Waals surface area contributed by atoms with E-state index in [1.165, 1.54) is 6.07 Å². The van der Waals surface area contributed by atoms with E-state index in [0.29, 0.717) is 12.2 Å². The summed E-state index contributed by atoms with van der Waals surface area (Å²) in [5, 5.41) is 0. The van der Waals surface area contributed by atoms with E-state index < -0.39 is 0 Å². The molecule has 2 nitrogen and oxygen atoms in total. The summed E-state index contributed by atoms with van der Waals surface area (Å²) >= 11 is 0. The molecule has 0 N–H and O–H groups in total. The number of rotatable bonds is 3. The van der Waals surface area contributed by atoms with Crippen molar-refractivity contribution < 1.29 is 13.9 Å². The van der Waals surface area contributed by atoms with Gasteiger partial charge in [0.1, 0.15) is 5.82 Å². The molecule has 3 atom stereocenters. The monoisotopic (exact) mass is 250 g/mol. The van der Waals surface area contributed by atoms with Crippen molar-refractivity contribution in [2.45, 2.75) is 57.0 Å². The van der Waals surface area contributed by atoms with Crippen molar-refractivity contribution in [1.82, 2.24) is 0 Å². The summed E-state index contributed by atoms with van der Waals surface area (Å²) in [6.07, 6.45) is 3.13. The molecule has 18 heavy (non-hydrogen) atoms. The molecule has 1 aromatic carbocycles. The molecular formula is C15H19FO2. The number of ether oxygens (including phenoxy) is 2. The maximum absolute atomic E-state index is 13.5. The lowest BCUT2D eigenvalue weighted by molar-refractivity contribution is -0.0829. The van der Waals surface area contributed by atoms with E-state index in [4.69, 9.17) is 9.47 Å². The van der Waals surface area contributed by atoms with Gasteiger partial charge in [-0.2, -0.15) is 0 Å². The maximum atomic E-state index is 13.5. The van der Waals surface area contributed by atoms with Gasteiger partial charge in [-0.25, -0.2) is 4.39 Å². The Morgan fingerprint density at radius 1 is 1.33 bits per heavy atom. The van der Waals surface area contributed by atoms with E-state index in [1.807, 2.05) is 6.07 Å². The fourth-order valence-corrected chi connectivity index (χ4v) is 3.20. The Balaban J connectivity index is 1.67. The van der Waals surface area contributed by atoms with E-state index in [1.54, 1.807) is 12.1 Å². The first-order valence-corrected chi connectivity index (χ1v) is 6.56. The fourth-order valence-electron chi connectivity index (χ4n) is 3.20. The molecule has 0 unspecified atom stereocenters. The Bertz CT molecular complexity index is 462. The molecule has 98 valence electrons. The summed E-state index contributed by atoms with van der Waals surface area (Å²) in [7, 11) is 0. The summed E-state index contributed by atoms with van der Waals surface area (Å²) in [6, 6.07) is 6.77. The van der Waals surface area contributed by atoms with Gasteiger partial charge in [-0.3, -0.25) is 0 Å². The van der Waals surface area contributed by atoms with Crippen molar-refractivity contribution in [1.29, 1.82) is 0 Å². The topological polar surface area (TPSA) is 18.5 Å². The zero-order valence-electron chi connectivity index (χ0n) is 10.9. The van der Waals surface area contributed by atoms with Gasteiger partial charge >= 0.3 is 0 Å². The minimum atomic E-state index is -0.196. The van der Waals surface area contributed by atoms with Crippen LogP contribution in [0, 0.1) is 5.82 Å². The standard InChI is InChI=1S/C15H19FO2/c1-14-7-8-15(2,18-14)13(9-14)17-10-11-5-3-4-6-12(11)16/h3-6,13H,7-10H2,1-2H3/t13-,14-,15+/m1/s1. The van der Waals surface area contributed by atoms with Crippen molar-refractivity contribution in [2.24, 2.45) is 0 Å². The Morgan fingerprint density at radius 3 is 2.72 bits per heavy atom. The van der Waals surface area contributed by atoms with Crippen LogP contribution in [0.5, 0.6) is 0 Å². The Morgan fingerprint density at radius 2 is 2.11 bits per heavy atom. The summed E-state index contributed by atoms with van der Waals surface area (Å²) in [5.41, 5.74) is 0.406. The zero-order chi connectivity index (χ0) is 12.8. The second-order valence-corrected chi connectivity index (χ2v) is 5.96. The van der Waals surface area contributed by atoms with Crippen LogP contribution in [0.1, 0.15) is 38.7 Å². The molecule has 0 spiro atoms. The van der Waals surface area contributed by atoms with Crippen molar-refractivity contribution in [3.05, 3.63) is 35.6 Å². The third-order valence-electron chi connectivity index (χ3n) is 4.33. The lowest BCUT2D eigenvalue weighted by Crippen LogP contribution is -2.37. The van der Waals surface area contributed by atoms with Crippen LogP contribution in [0.2, 0.25) is 0 Å². The molecule has 0 aliphatic carbocycles. The lowest BCUT2D eigenvalue weighted by atomic mass is 9.82. The third-order valence-corrected chi connectivity index (χ3v) is 4.33. The maximum Gasteiger partial charge on any atom is 0.128 e. The molecule has 0 radical (unpaired) electrons. The Hall–Kier alpha value is -0.930. The summed E-state index contributed by atoms with van der Waals surface area (Å²) in [5.74, 6) is -0.196. The van der Waals surface area contributed by atoms with Gasteiger partial charge < -0.3 is 9.47 Å². The Labute approximate surface area is 107 Å². The van der Waals surface area contributed by atoms with Gasteiger partial charge in [0.15, 0.2) is 0 Å². The SMILES string of the molecule is C[C@]12CC[C@](C)(O1)[C@H](OCc1ccccc1F)C2. The van der Waals surface area contributed by atoms with Gasteiger partial charge in [-0.1, -0.05) is 18.2 Å². The first-order valence-electron chi connectivity index (χ1n) is 6.56. The molecule has 0 saturated carbocycles. The number of fused-ring (bicyclic) bond motifs is 2. The first-order chi connectivity index (χ1) is 8.51. The highest BCUT2D eigenvalue weighted by Crippen LogP contribution is 2.51. The van der Waals surface area contributed by atoms with Gasteiger partial charge in [-0.05, 0) is 32.8 Å². The highest BCUT2D eigenvalue weighted by molar-refractivity contribution is 5.16. The molecular weight excluding hydrogens is 231 g/mol. The predicted molar refractivity (Wildman–Crippen MR) is 66.7 cm³/mol. The van der Waals surface area contributed by atoms with E-state index in [-0.39, 0.29) is 23.1 Å². The molecule has 2 heterocycles. The summed E-state index contributed by atoms with van der Waals surface area (Å²) < 4.78 is 25.5. The molecule has 2 aliphatic rings. The molecule has 0 aromatic heterocycles. The summed E-state index contributed by atoms with van der Waals surface area (Å²) in [6.45, 7) is 4.58. The van der Waals surface area contributed by atoms with Crippen LogP contribution in [-0.2, 0) is 16.1 Å². The largest absolute Gasteiger partial charge is 0.370 e. The van der Waals surface area contributed by atoms with Crippen molar-refractivity contribution in [2.75, 3.05) is 0 Å². The lowest BCUT2D eigenvalue weighted by Gasteiger charge is -2.29. The normalized spacial score (nSPS) is 38.3. The second kappa shape index (κ2) is 4.04. The number of benzene rings is 1. The van der Waals surface area contributed by atoms with Crippen LogP contribution >= 0.6 is 0 Å². The molecule has 2 aliphatic heterocycles. The molecule has 3 heteroatoms. The smallest absolute Gasteiger partial charge is 0.128 e. The molecule has 0 amide bonds. The first kappa shape index (κ1) is 12.1. The Kier molecular flexibility index (Phi) is 2.72. The minimum Gasteiger partial charge on any atom is -0.370 e. The second-order valence-electron chi connectivity index (χ2n) is 5.96. The van der Waals surface area contributed by atoms with Gasteiger partial charge in [-0.15, -0.1) is 0 Å². The van der Waals surface area contributed by atoms with Gasteiger partial charge in [0.05, 0.1) is 23.9 Å². The van der Waals surface area contributed by atoms with Crippen LogP contribution in [0.25, 0.3) is 0 Å². The van der Waals surface area contributed by atoms with Crippen molar-refractivity contribution >= 4 is 0 Å². The zero-order valence-corrected chi connectivity index (χ0v) is 10.9. The van der Waals surface area contributed by atoms with Crippen LogP contribution in [0.15, 0.2) is 24.3 Å². The van der Waals surface area contributed by atoms with E-state index in [0.717, 1.165) is 19.3 Å². The van der Waals surface area contributed by atoms with Gasteiger partial charge in [0.2, 0.25) is 0 Å². The number of hydrogen-bond acceptors (Lipinski definition) is 2. The average Bonchev–Trinajstić information content (AvgIpc) is 2.76. The van der Waals surface area contributed by atoms with E-state index in [9.17, 15) is 4.39 Å². The van der Waals surface area contributed by atoms with E-state index in [2.05, 4.69) is 13.8 Å². The van der Waals surface area contributed by atoms with Crippen LogP contribution < -0.4 is 0 Å². The van der Waals surface area contributed by atoms with Gasteiger partial charge in [0.25, 0.3) is 0 Å². The molecule has 2 bridgehead atoms. The van der Waals surface area contributed by atoms with Crippen LogP contribution in [-0.4, -0.2) is 17.3 Å². The molecule has 2 saturated heterocycles. The number of hydrogen-bond donors (Lipinski definition) is 0.